The van der Waals surface area contributed by atoms with Crippen LogP contribution in [0.15, 0.2) is 38.8 Å². The highest BCUT2D eigenvalue weighted by molar-refractivity contribution is 7.94. The maximum atomic E-state index is 13.1. The number of halogens is 2. The van der Waals surface area contributed by atoms with E-state index in [1.165, 1.54) is 31.0 Å². The number of thiophene rings is 1. The molecule has 252 valence electrons. The van der Waals surface area contributed by atoms with Crippen LogP contribution in [0.4, 0.5) is 0 Å². The zero-order valence-electron chi connectivity index (χ0n) is 25.1. The second-order valence-electron chi connectivity index (χ2n) is 9.89. The lowest BCUT2D eigenvalue weighted by Gasteiger charge is -2.36. The van der Waals surface area contributed by atoms with Crippen molar-refractivity contribution in [3.8, 4) is 5.75 Å². The summed E-state index contributed by atoms with van der Waals surface area (Å²) in [5, 5.41) is 5.00. The number of Topliss-reactive ketones (excluding diaryl/α,β-unsaturated/α-hetero) is 1. The first-order chi connectivity index (χ1) is 21.3. The number of ketones is 1. The lowest BCUT2D eigenvalue weighted by Crippen LogP contribution is -2.46. The number of allylic oxidation sites excluding steroid dienone is 1. The first-order valence-corrected chi connectivity index (χ1v) is 18.0. The molecule has 2 atom stereocenters. The summed E-state index contributed by atoms with van der Waals surface area (Å²) in [6.07, 6.45) is -1.04. The minimum absolute atomic E-state index is 0.0196. The van der Waals surface area contributed by atoms with E-state index in [-0.39, 0.29) is 54.2 Å². The van der Waals surface area contributed by atoms with Crippen LogP contribution in [0.3, 0.4) is 0 Å². The Morgan fingerprint density at radius 2 is 1.83 bits per heavy atom. The molecule has 2 aromatic rings. The van der Waals surface area contributed by atoms with E-state index in [9.17, 15) is 36.0 Å². The van der Waals surface area contributed by atoms with Crippen molar-refractivity contribution in [3.63, 3.8) is 0 Å². The highest BCUT2D eigenvalue weighted by Crippen LogP contribution is 2.41. The normalized spacial score (nSPS) is 16.5. The zero-order valence-corrected chi connectivity index (χ0v) is 29.0. The molecule has 0 saturated carbocycles. The van der Waals surface area contributed by atoms with Gasteiger partial charge in [0.25, 0.3) is 15.9 Å². The second kappa shape index (κ2) is 14.8. The van der Waals surface area contributed by atoms with Crippen LogP contribution in [0, 0.1) is 0 Å². The van der Waals surface area contributed by atoms with Gasteiger partial charge in [-0.15, -0.1) is 11.3 Å². The molecule has 0 aliphatic carbocycles. The van der Waals surface area contributed by atoms with Crippen molar-refractivity contribution in [2.75, 3.05) is 33.4 Å². The first-order valence-electron chi connectivity index (χ1n) is 13.5. The molecule has 1 unspecified atom stereocenters. The van der Waals surface area contributed by atoms with Gasteiger partial charge in [0.2, 0.25) is 10.0 Å². The molecule has 19 heteroatoms. The Labute approximate surface area is 280 Å². The molecule has 2 N–H and O–H groups in total. The van der Waals surface area contributed by atoms with E-state index in [1.54, 1.807) is 13.8 Å². The third-order valence-electron chi connectivity index (χ3n) is 6.82. The summed E-state index contributed by atoms with van der Waals surface area (Å²) in [4.78, 5) is 51.6. The number of primary sulfonamides is 1. The number of likely N-dealkylation sites (N-methyl/N-ethyl adjacent to an activating group) is 2. The SMILES string of the molecule is C=C(CC)C(=O)c1ccc(OCC(=O)OC(C)C(=O)OCC(=O)N(CC)[C@H]2CN(C)S(=O)(=O)c3sc(S(N)(=O)=O)cc32)c(Cl)c1Cl. The van der Waals surface area contributed by atoms with E-state index in [4.69, 9.17) is 42.6 Å². The maximum absolute atomic E-state index is 13.1. The summed E-state index contributed by atoms with van der Waals surface area (Å²) in [6.45, 7) is 6.63. The Kier molecular flexibility index (Phi) is 12.0. The maximum Gasteiger partial charge on any atom is 0.347 e. The number of amides is 1. The average Bonchev–Trinajstić information content (AvgIpc) is 3.47. The van der Waals surface area contributed by atoms with Crippen LogP contribution in [0.2, 0.25) is 10.0 Å². The standard InChI is InChI=1S/C27H31Cl2N3O11S3/c1-6-14(3)25(35)16-8-9-19(24(29)23(16)28)41-13-21(34)43-15(4)26(36)42-12-20(33)32(7-2)18-11-31(5)46(39,40)27-17(18)10-22(44-27)45(30,37)38/h8-10,15,18H,3,6-7,11-13H2,1-2,4-5H3,(H2,30,37,38)/t15?,18-/m0/s1. The largest absolute Gasteiger partial charge is 0.480 e. The summed E-state index contributed by atoms with van der Waals surface area (Å²) in [6, 6.07) is 2.93. The monoisotopic (exact) mass is 739 g/mol. The molecule has 0 fully saturated rings. The number of hydrogen-bond donors (Lipinski definition) is 1. The molecule has 2 heterocycles. The van der Waals surface area contributed by atoms with Gasteiger partial charge in [-0.05, 0) is 44.0 Å². The Morgan fingerprint density at radius 1 is 1.17 bits per heavy atom. The van der Waals surface area contributed by atoms with E-state index >= 15 is 0 Å². The van der Waals surface area contributed by atoms with Crippen molar-refractivity contribution in [3.05, 3.63) is 51.5 Å². The number of hydrogen-bond acceptors (Lipinski definition) is 12. The smallest absolute Gasteiger partial charge is 0.347 e. The molecule has 3 rings (SSSR count). The number of carbonyl (C=O) groups excluding carboxylic acids is 4. The van der Waals surface area contributed by atoms with Crippen molar-refractivity contribution in [1.82, 2.24) is 9.21 Å². The molecular formula is C27H31Cl2N3O11S3. The van der Waals surface area contributed by atoms with Crippen LogP contribution in [0.5, 0.6) is 5.75 Å². The number of fused-ring (bicyclic) bond motifs is 1. The van der Waals surface area contributed by atoms with Gasteiger partial charge in [-0.3, -0.25) is 9.59 Å². The van der Waals surface area contributed by atoms with Crippen LogP contribution >= 0.6 is 34.5 Å². The molecule has 0 saturated heterocycles. The van der Waals surface area contributed by atoms with Gasteiger partial charge < -0.3 is 19.1 Å². The zero-order chi connectivity index (χ0) is 34.7. The van der Waals surface area contributed by atoms with E-state index in [0.717, 1.165) is 10.4 Å². The number of ether oxygens (including phenoxy) is 3. The summed E-state index contributed by atoms with van der Waals surface area (Å²) in [5.74, 6) is -3.18. The summed E-state index contributed by atoms with van der Waals surface area (Å²) >= 11 is 12.9. The Bertz CT molecular complexity index is 1790. The van der Waals surface area contributed by atoms with Crippen LogP contribution in [0.1, 0.15) is 49.2 Å². The van der Waals surface area contributed by atoms with Crippen LogP contribution in [0.25, 0.3) is 0 Å². The quantitative estimate of drug-likeness (QED) is 0.180. The molecule has 0 radical (unpaired) electrons. The van der Waals surface area contributed by atoms with Gasteiger partial charge >= 0.3 is 11.9 Å². The first kappa shape index (κ1) is 37.4. The molecule has 1 aromatic carbocycles. The van der Waals surface area contributed by atoms with Crippen molar-refractivity contribution in [1.29, 1.82) is 0 Å². The Morgan fingerprint density at radius 3 is 2.41 bits per heavy atom. The fraction of sp³-hybridized carbons (Fsp3) is 0.407. The van der Waals surface area contributed by atoms with Crippen molar-refractivity contribution in [2.24, 2.45) is 5.14 Å². The van der Waals surface area contributed by atoms with Crippen LogP contribution in [-0.4, -0.2) is 89.1 Å². The summed E-state index contributed by atoms with van der Waals surface area (Å²) in [7, 11) is -6.98. The van der Waals surface area contributed by atoms with Gasteiger partial charge in [0.05, 0.1) is 11.1 Å². The van der Waals surface area contributed by atoms with Crippen molar-refractivity contribution in [2.45, 2.75) is 47.8 Å². The summed E-state index contributed by atoms with van der Waals surface area (Å²) < 4.78 is 65.2. The fourth-order valence-corrected chi connectivity index (χ4v) is 8.77. The Balaban J connectivity index is 1.61. The van der Waals surface area contributed by atoms with Crippen LogP contribution < -0.4 is 9.88 Å². The Hall–Kier alpha value is -3.06. The van der Waals surface area contributed by atoms with Crippen molar-refractivity contribution < 1.29 is 50.2 Å². The highest BCUT2D eigenvalue weighted by Gasteiger charge is 2.41. The third kappa shape index (κ3) is 8.07. The topological polar surface area (TPSA) is 197 Å². The average molecular weight is 741 g/mol. The van der Waals surface area contributed by atoms with E-state index in [1.807, 2.05) is 0 Å². The van der Waals surface area contributed by atoms with Gasteiger partial charge in [-0.25, -0.2) is 31.6 Å². The second-order valence-corrected chi connectivity index (χ2v) is 15.7. The van der Waals surface area contributed by atoms with E-state index in [0.29, 0.717) is 23.3 Å². The van der Waals surface area contributed by atoms with Gasteiger partial charge in [-0.1, -0.05) is 36.7 Å². The number of nitrogens with zero attached hydrogens (tertiary/aromatic N) is 2. The fourth-order valence-electron chi connectivity index (χ4n) is 4.28. The molecule has 14 nitrogen and oxygen atoms in total. The molecule has 0 bridgehead atoms. The molecule has 0 spiro atoms. The number of sulfonamides is 2. The minimum Gasteiger partial charge on any atom is -0.480 e. The predicted octanol–water partition coefficient (Wildman–Crippen LogP) is 2.93. The van der Waals surface area contributed by atoms with E-state index < -0.39 is 63.3 Å². The van der Waals surface area contributed by atoms with Crippen LogP contribution in [-0.2, 0) is 43.9 Å². The predicted molar refractivity (Wildman–Crippen MR) is 168 cm³/mol. The number of benzene rings is 1. The van der Waals surface area contributed by atoms with E-state index in [2.05, 4.69) is 6.58 Å². The number of esters is 2. The van der Waals surface area contributed by atoms with Gasteiger partial charge in [-0.2, -0.15) is 4.31 Å². The number of nitrogens with two attached hydrogens (primary N) is 1. The molecule has 1 aromatic heterocycles. The van der Waals surface area contributed by atoms with Gasteiger partial charge in [0.15, 0.2) is 25.1 Å². The number of rotatable bonds is 13. The van der Waals surface area contributed by atoms with Gasteiger partial charge in [0, 0.05) is 31.3 Å². The highest BCUT2D eigenvalue weighted by atomic mass is 35.5. The number of carbonyl (C=O) groups is 4. The minimum atomic E-state index is -4.23. The molecular weight excluding hydrogens is 709 g/mol. The lowest BCUT2D eigenvalue weighted by atomic mass is 10.0. The molecule has 1 aliphatic heterocycles. The summed E-state index contributed by atoms with van der Waals surface area (Å²) in [5.41, 5.74) is 0.517. The van der Waals surface area contributed by atoms with Gasteiger partial charge in [0.1, 0.15) is 19.2 Å². The molecule has 1 amide bonds. The lowest BCUT2D eigenvalue weighted by molar-refractivity contribution is -0.170. The molecule has 46 heavy (non-hydrogen) atoms. The molecule has 1 aliphatic rings. The van der Waals surface area contributed by atoms with Crippen molar-refractivity contribution >= 4 is 78.2 Å². The third-order valence-corrected chi connectivity index (χ3v) is 12.6.